The van der Waals surface area contributed by atoms with Gasteiger partial charge in [-0.05, 0) is 53.6 Å². The predicted molar refractivity (Wildman–Crippen MR) is 124 cm³/mol. The third-order valence-corrected chi connectivity index (χ3v) is 5.68. The fourth-order valence-corrected chi connectivity index (χ4v) is 3.82. The van der Waals surface area contributed by atoms with Crippen molar-refractivity contribution in [1.82, 2.24) is 10.3 Å². The second kappa shape index (κ2) is 10.6. The van der Waals surface area contributed by atoms with E-state index >= 15 is 0 Å². The van der Waals surface area contributed by atoms with Gasteiger partial charge >= 0.3 is 0 Å². The Hall–Kier alpha value is -3.82. The van der Waals surface area contributed by atoms with E-state index in [1.807, 2.05) is 0 Å². The van der Waals surface area contributed by atoms with Gasteiger partial charge in [-0.2, -0.15) is 0 Å². The highest BCUT2D eigenvalue weighted by Crippen LogP contribution is 2.25. The molecule has 2 heterocycles. The van der Waals surface area contributed by atoms with Crippen molar-refractivity contribution in [3.63, 3.8) is 0 Å². The summed E-state index contributed by atoms with van der Waals surface area (Å²) in [6, 6.07) is 11.3. The van der Waals surface area contributed by atoms with Gasteiger partial charge in [0, 0.05) is 18.2 Å². The predicted octanol–water partition coefficient (Wildman–Crippen LogP) is 3.08. The van der Waals surface area contributed by atoms with Gasteiger partial charge in [0.25, 0.3) is 5.91 Å². The molecule has 0 fully saturated rings. The Morgan fingerprint density at radius 1 is 1.03 bits per heavy atom. The second-order valence-corrected chi connectivity index (χ2v) is 8.01. The molecule has 3 aromatic rings. The van der Waals surface area contributed by atoms with Crippen molar-refractivity contribution < 1.29 is 28.2 Å². The first-order valence-corrected chi connectivity index (χ1v) is 10.9. The van der Waals surface area contributed by atoms with Crippen molar-refractivity contribution in [3.8, 4) is 0 Å². The van der Waals surface area contributed by atoms with Crippen LogP contribution in [0.1, 0.15) is 27.2 Å². The topological polar surface area (TPSA) is 94.8 Å². The van der Waals surface area contributed by atoms with Crippen molar-refractivity contribution >= 4 is 17.2 Å². The van der Waals surface area contributed by atoms with Crippen molar-refractivity contribution in [2.24, 2.45) is 4.99 Å². The lowest BCUT2D eigenvalue weighted by molar-refractivity contribution is 0.0562. The Bertz CT molecular complexity index is 1290. The van der Waals surface area contributed by atoms with E-state index in [0.29, 0.717) is 0 Å². The summed E-state index contributed by atoms with van der Waals surface area (Å²) in [5.74, 6) is -2.42. The molecular weight excluding hydrogens is 459 g/mol. The summed E-state index contributed by atoms with van der Waals surface area (Å²) in [4.78, 5) is 21.5. The van der Waals surface area contributed by atoms with Gasteiger partial charge in [-0.1, -0.05) is 18.2 Å². The van der Waals surface area contributed by atoms with Crippen LogP contribution in [0.25, 0.3) is 5.57 Å². The van der Waals surface area contributed by atoms with Gasteiger partial charge in [-0.3, -0.25) is 14.8 Å². The van der Waals surface area contributed by atoms with E-state index in [-0.39, 0.29) is 41.3 Å². The maximum Gasteiger partial charge on any atom is 0.252 e. The van der Waals surface area contributed by atoms with Gasteiger partial charge in [0.2, 0.25) is 0 Å². The summed E-state index contributed by atoms with van der Waals surface area (Å²) in [5.41, 5.74) is 1.60. The number of rotatable bonds is 8. The Kier molecular flexibility index (Phi) is 7.38. The number of pyridine rings is 1. The number of carbonyl (C=O) groups excluding carboxylic acids is 1. The third-order valence-electron chi connectivity index (χ3n) is 5.68. The molecular formula is C26H22F3N3O3. The zero-order valence-electron chi connectivity index (χ0n) is 18.5. The number of aliphatic hydroxyl groups excluding tert-OH is 2. The van der Waals surface area contributed by atoms with Gasteiger partial charge in [-0.15, -0.1) is 0 Å². The van der Waals surface area contributed by atoms with Crippen LogP contribution in [-0.4, -0.2) is 52.1 Å². The number of aliphatic hydroxyl groups is 2. The van der Waals surface area contributed by atoms with E-state index in [4.69, 9.17) is 0 Å². The lowest BCUT2D eigenvalue weighted by atomic mass is 9.98. The van der Waals surface area contributed by atoms with E-state index < -0.39 is 36.3 Å². The zero-order chi connectivity index (χ0) is 24.9. The molecule has 1 aromatic heterocycles. The van der Waals surface area contributed by atoms with Crippen LogP contribution in [0.2, 0.25) is 0 Å². The molecule has 1 aliphatic heterocycles. The first-order valence-electron chi connectivity index (χ1n) is 10.9. The quantitative estimate of drug-likeness (QED) is 0.461. The van der Waals surface area contributed by atoms with Crippen LogP contribution in [0.3, 0.4) is 0 Å². The SMILES string of the molecule is O=C(NC(Cc1ncccc1F)[C@H](O)CO)c1cccc(F)c1C1=NCC(c2ccc(F)cc2)=C1. The van der Waals surface area contributed by atoms with Crippen LogP contribution in [-0.2, 0) is 6.42 Å². The van der Waals surface area contributed by atoms with Crippen molar-refractivity contribution in [2.45, 2.75) is 18.6 Å². The van der Waals surface area contributed by atoms with Gasteiger partial charge in [0.05, 0.1) is 42.3 Å². The van der Waals surface area contributed by atoms with Gasteiger partial charge in [0.15, 0.2) is 0 Å². The van der Waals surface area contributed by atoms with Crippen LogP contribution in [0.5, 0.6) is 0 Å². The molecule has 0 spiro atoms. The Labute approximate surface area is 199 Å². The first-order chi connectivity index (χ1) is 16.9. The third kappa shape index (κ3) is 5.47. The molecule has 2 atom stereocenters. The number of nitrogens with zero attached hydrogens (tertiary/aromatic N) is 2. The van der Waals surface area contributed by atoms with Crippen molar-refractivity contribution in [1.29, 1.82) is 0 Å². The Morgan fingerprint density at radius 3 is 2.49 bits per heavy atom. The molecule has 3 N–H and O–H groups in total. The molecule has 1 amide bonds. The van der Waals surface area contributed by atoms with E-state index in [0.717, 1.165) is 11.1 Å². The maximum atomic E-state index is 14.9. The molecule has 0 aliphatic carbocycles. The average molecular weight is 481 g/mol. The zero-order valence-corrected chi connectivity index (χ0v) is 18.5. The average Bonchev–Trinajstić information content (AvgIpc) is 3.34. The molecule has 1 aliphatic rings. The molecule has 0 bridgehead atoms. The molecule has 0 radical (unpaired) electrons. The lowest BCUT2D eigenvalue weighted by Gasteiger charge is -2.23. The monoisotopic (exact) mass is 481 g/mol. The number of aliphatic imine (C=N–C) groups is 1. The summed E-state index contributed by atoms with van der Waals surface area (Å²) in [7, 11) is 0. The van der Waals surface area contributed by atoms with Crippen molar-refractivity contribution in [2.75, 3.05) is 13.2 Å². The molecule has 6 nitrogen and oxygen atoms in total. The number of halogens is 3. The molecule has 4 rings (SSSR count). The number of hydrogen-bond acceptors (Lipinski definition) is 5. The van der Waals surface area contributed by atoms with E-state index in [1.165, 1.54) is 48.7 Å². The van der Waals surface area contributed by atoms with E-state index in [2.05, 4.69) is 15.3 Å². The molecule has 1 unspecified atom stereocenters. The maximum absolute atomic E-state index is 14.9. The largest absolute Gasteiger partial charge is 0.394 e. The van der Waals surface area contributed by atoms with Gasteiger partial charge in [-0.25, -0.2) is 13.2 Å². The molecule has 9 heteroatoms. The van der Waals surface area contributed by atoms with Crippen LogP contribution in [0, 0.1) is 17.5 Å². The molecule has 2 aromatic carbocycles. The highest BCUT2D eigenvalue weighted by molar-refractivity contribution is 6.19. The van der Waals surface area contributed by atoms with Gasteiger partial charge in [0.1, 0.15) is 17.5 Å². The molecule has 180 valence electrons. The fourth-order valence-electron chi connectivity index (χ4n) is 3.82. The summed E-state index contributed by atoms with van der Waals surface area (Å²) in [5, 5.41) is 22.2. The van der Waals surface area contributed by atoms with Crippen LogP contribution in [0.4, 0.5) is 13.2 Å². The van der Waals surface area contributed by atoms with Crippen LogP contribution in [0.15, 0.2) is 71.9 Å². The normalized spacial score (nSPS) is 14.8. The minimum absolute atomic E-state index is 0.00296. The number of carbonyl (C=O) groups is 1. The Balaban J connectivity index is 1.61. The number of allylic oxidation sites excluding steroid dienone is 1. The van der Waals surface area contributed by atoms with Crippen LogP contribution < -0.4 is 5.32 Å². The number of amides is 1. The number of hydrogen-bond donors (Lipinski definition) is 3. The standard InChI is InChI=1S/C26H22F3N3O3/c27-17-8-6-15(7-9-17)16-11-23(31-13-16)25-18(3-1-4-20(25)29)26(35)32-22(24(34)14-33)12-21-19(28)5-2-10-30-21/h1-11,22,24,33-34H,12-14H2,(H,32,35)/t22?,24-/m1/s1. The van der Waals surface area contributed by atoms with Crippen molar-refractivity contribution in [3.05, 3.63) is 107 Å². The lowest BCUT2D eigenvalue weighted by Crippen LogP contribution is -2.47. The number of benzene rings is 2. The molecule has 0 saturated heterocycles. The highest BCUT2D eigenvalue weighted by Gasteiger charge is 2.27. The molecule has 35 heavy (non-hydrogen) atoms. The van der Waals surface area contributed by atoms with E-state index in [1.54, 1.807) is 18.2 Å². The Morgan fingerprint density at radius 2 is 1.77 bits per heavy atom. The molecule has 0 saturated carbocycles. The first kappa shape index (κ1) is 24.3. The summed E-state index contributed by atoms with van der Waals surface area (Å²) in [6.07, 6.45) is 1.40. The minimum Gasteiger partial charge on any atom is -0.394 e. The van der Waals surface area contributed by atoms with Gasteiger partial charge < -0.3 is 15.5 Å². The summed E-state index contributed by atoms with van der Waals surface area (Å²) in [6.45, 7) is -0.465. The van der Waals surface area contributed by atoms with Crippen LogP contribution >= 0.6 is 0 Å². The smallest absolute Gasteiger partial charge is 0.252 e. The second-order valence-electron chi connectivity index (χ2n) is 8.01. The fraction of sp³-hybridized carbons (Fsp3) is 0.192. The summed E-state index contributed by atoms with van der Waals surface area (Å²) >= 11 is 0. The summed E-state index contributed by atoms with van der Waals surface area (Å²) < 4.78 is 42.3. The minimum atomic E-state index is -1.41. The van der Waals surface area contributed by atoms with E-state index in [9.17, 15) is 28.2 Å². The highest BCUT2D eigenvalue weighted by atomic mass is 19.1. The number of nitrogens with one attached hydrogen (secondary N) is 1. The number of aromatic nitrogens is 1.